The second-order valence-electron chi connectivity index (χ2n) is 5.87. The van der Waals surface area contributed by atoms with Crippen molar-refractivity contribution in [3.8, 4) is 0 Å². The number of ether oxygens (including phenoxy) is 2. The van der Waals surface area contributed by atoms with Crippen LogP contribution < -0.4 is 10.9 Å². The lowest BCUT2D eigenvalue weighted by molar-refractivity contribution is -0.0855. The highest BCUT2D eigenvalue weighted by Gasteiger charge is 2.17. The summed E-state index contributed by atoms with van der Waals surface area (Å²) in [5.41, 5.74) is 0.572. The lowest BCUT2D eigenvalue weighted by atomic mass is 10.2. The third-order valence-corrected chi connectivity index (χ3v) is 3.97. The lowest BCUT2D eigenvalue weighted by Crippen LogP contribution is -2.41. The van der Waals surface area contributed by atoms with Gasteiger partial charge in [-0.25, -0.2) is 0 Å². The average molecular weight is 337 g/mol. The van der Waals surface area contributed by atoms with E-state index in [1.165, 1.54) is 0 Å². The number of aromatic amines is 1. The summed E-state index contributed by atoms with van der Waals surface area (Å²) in [5, 5.41) is 2.73. The maximum Gasteiger partial charge on any atom is 0.261 e. The molecule has 1 fully saturated rings. The summed E-state index contributed by atoms with van der Waals surface area (Å²) in [7, 11) is 0. The maximum absolute atomic E-state index is 12.2. The van der Waals surface area contributed by atoms with E-state index < -0.39 is 5.91 Å². The standard InChI is InChI=1S/C17H27N3O4/c1-3-7-20(4-2)11-13-5-6-15(17(22)19-13)16(21)18-10-14-12-23-8-9-24-14/h5-6,14H,3-4,7-12H2,1-2H3,(H,18,21)(H,19,22). The minimum absolute atomic E-state index is 0.119. The zero-order chi connectivity index (χ0) is 17.4. The Balaban J connectivity index is 1.93. The highest BCUT2D eigenvalue weighted by atomic mass is 16.6. The van der Waals surface area contributed by atoms with Gasteiger partial charge in [0, 0.05) is 18.8 Å². The maximum atomic E-state index is 12.2. The van der Waals surface area contributed by atoms with Gasteiger partial charge in [0.15, 0.2) is 0 Å². The molecular formula is C17H27N3O4. The Morgan fingerprint density at radius 2 is 2.21 bits per heavy atom. The molecule has 1 aliphatic heterocycles. The summed E-state index contributed by atoms with van der Waals surface area (Å²) < 4.78 is 10.7. The van der Waals surface area contributed by atoms with E-state index in [2.05, 4.69) is 29.0 Å². The number of nitrogens with zero attached hydrogens (tertiary/aromatic N) is 1. The van der Waals surface area contributed by atoms with Gasteiger partial charge in [0.1, 0.15) is 5.56 Å². The summed E-state index contributed by atoms with van der Waals surface area (Å²) in [6.45, 7) is 8.69. The number of hydrogen-bond donors (Lipinski definition) is 2. The number of rotatable bonds is 8. The third kappa shape index (κ3) is 5.43. The Labute approximate surface area is 142 Å². The molecule has 2 N–H and O–H groups in total. The monoisotopic (exact) mass is 337 g/mol. The molecule has 2 rings (SSSR count). The van der Waals surface area contributed by atoms with Crippen molar-refractivity contribution in [2.75, 3.05) is 39.5 Å². The van der Waals surface area contributed by atoms with Crippen molar-refractivity contribution in [3.63, 3.8) is 0 Å². The minimum atomic E-state index is -0.391. The first kappa shape index (κ1) is 18.6. The largest absolute Gasteiger partial charge is 0.376 e. The highest BCUT2D eigenvalue weighted by Crippen LogP contribution is 2.03. The fourth-order valence-corrected chi connectivity index (χ4v) is 2.65. The van der Waals surface area contributed by atoms with E-state index in [0.717, 1.165) is 25.2 Å². The van der Waals surface area contributed by atoms with Gasteiger partial charge in [-0.3, -0.25) is 14.5 Å². The molecule has 7 nitrogen and oxygen atoms in total. The summed E-state index contributed by atoms with van der Waals surface area (Å²) in [6.07, 6.45) is 0.902. The molecule has 1 unspecified atom stereocenters. The molecular weight excluding hydrogens is 310 g/mol. The first-order valence-electron chi connectivity index (χ1n) is 8.56. The zero-order valence-electron chi connectivity index (χ0n) is 14.5. The molecule has 0 aromatic carbocycles. The third-order valence-electron chi connectivity index (χ3n) is 3.97. The Morgan fingerprint density at radius 1 is 1.38 bits per heavy atom. The summed E-state index contributed by atoms with van der Waals surface area (Å²) in [5.74, 6) is -0.391. The lowest BCUT2D eigenvalue weighted by Gasteiger charge is -2.23. The normalized spacial score (nSPS) is 17.9. The molecule has 0 saturated carbocycles. The van der Waals surface area contributed by atoms with Crippen LogP contribution >= 0.6 is 0 Å². The second kappa shape index (κ2) is 9.56. The van der Waals surface area contributed by atoms with Gasteiger partial charge in [-0.1, -0.05) is 13.8 Å². The van der Waals surface area contributed by atoms with E-state index in [-0.39, 0.29) is 17.2 Å². The Morgan fingerprint density at radius 3 is 2.83 bits per heavy atom. The van der Waals surface area contributed by atoms with Gasteiger partial charge in [-0.2, -0.15) is 0 Å². The number of carbonyl (C=O) groups excluding carboxylic acids is 1. The van der Waals surface area contributed by atoms with Crippen LogP contribution in [0.15, 0.2) is 16.9 Å². The van der Waals surface area contributed by atoms with E-state index in [9.17, 15) is 9.59 Å². The van der Waals surface area contributed by atoms with Crippen LogP contribution in [0, 0.1) is 0 Å². The summed E-state index contributed by atoms with van der Waals surface area (Å²) in [4.78, 5) is 29.4. The summed E-state index contributed by atoms with van der Waals surface area (Å²) >= 11 is 0. The van der Waals surface area contributed by atoms with Crippen molar-refractivity contribution >= 4 is 5.91 Å². The number of carbonyl (C=O) groups is 1. The number of H-pyrrole nitrogens is 1. The van der Waals surface area contributed by atoms with E-state index in [1.54, 1.807) is 12.1 Å². The average Bonchev–Trinajstić information content (AvgIpc) is 2.60. The highest BCUT2D eigenvalue weighted by molar-refractivity contribution is 5.93. The van der Waals surface area contributed by atoms with Crippen molar-refractivity contribution in [2.45, 2.75) is 32.9 Å². The molecule has 2 heterocycles. The molecule has 1 saturated heterocycles. The molecule has 0 radical (unpaired) electrons. The van der Waals surface area contributed by atoms with E-state index >= 15 is 0 Å². The van der Waals surface area contributed by atoms with Crippen molar-refractivity contribution in [1.82, 2.24) is 15.2 Å². The van der Waals surface area contributed by atoms with E-state index in [0.29, 0.717) is 32.9 Å². The molecule has 24 heavy (non-hydrogen) atoms. The molecule has 0 bridgehead atoms. The van der Waals surface area contributed by atoms with Crippen LogP contribution in [0.25, 0.3) is 0 Å². The quantitative estimate of drug-likeness (QED) is 0.731. The molecule has 1 aromatic heterocycles. The SMILES string of the molecule is CCCN(CC)Cc1ccc(C(=O)NCC2COCCO2)c(=O)[nH]1. The van der Waals surface area contributed by atoms with Crippen LogP contribution in [0.5, 0.6) is 0 Å². The van der Waals surface area contributed by atoms with E-state index in [4.69, 9.17) is 9.47 Å². The van der Waals surface area contributed by atoms with Crippen LogP contribution in [0.4, 0.5) is 0 Å². The van der Waals surface area contributed by atoms with Crippen LogP contribution in [0.3, 0.4) is 0 Å². The van der Waals surface area contributed by atoms with Gasteiger partial charge in [-0.15, -0.1) is 0 Å². The molecule has 134 valence electrons. The van der Waals surface area contributed by atoms with E-state index in [1.807, 2.05) is 0 Å². The Hall–Kier alpha value is -1.70. The molecule has 1 aromatic rings. The number of amides is 1. The Bertz CT molecular complexity index is 581. The topological polar surface area (TPSA) is 83.7 Å². The predicted molar refractivity (Wildman–Crippen MR) is 91.2 cm³/mol. The van der Waals surface area contributed by atoms with Gasteiger partial charge in [0.05, 0.1) is 25.9 Å². The Kier molecular flexibility index (Phi) is 7.42. The van der Waals surface area contributed by atoms with Crippen molar-refractivity contribution in [3.05, 3.63) is 33.7 Å². The summed E-state index contributed by atoms with van der Waals surface area (Å²) in [6, 6.07) is 3.39. The van der Waals surface area contributed by atoms with Gasteiger partial charge >= 0.3 is 0 Å². The number of hydrogen-bond acceptors (Lipinski definition) is 5. The minimum Gasteiger partial charge on any atom is -0.376 e. The first-order valence-corrected chi connectivity index (χ1v) is 8.56. The second-order valence-corrected chi connectivity index (χ2v) is 5.87. The fraction of sp³-hybridized carbons (Fsp3) is 0.647. The van der Waals surface area contributed by atoms with Gasteiger partial charge in [0.2, 0.25) is 0 Å². The zero-order valence-corrected chi connectivity index (χ0v) is 14.5. The molecule has 1 atom stereocenters. The predicted octanol–water partition coefficient (Wildman–Crippen LogP) is 0.752. The first-order chi connectivity index (χ1) is 11.6. The molecule has 0 spiro atoms. The van der Waals surface area contributed by atoms with Crippen LogP contribution in [-0.2, 0) is 16.0 Å². The number of nitrogens with one attached hydrogen (secondary N) is 2. The van der Waals surface area contributed by atoms with Gasteiger partial charge < -0.3 is 19.8 Å². The van der Waals surface area contributed by atoms with Crippen LogP contribution in [0.1, 0.15) is 36.3 Å². The van der Waals surface area contributed by atoms with Gasteiger partial charge in [-0.05, 0) is 31.6 Å². The smallest absolute Gasteiger partial charge is 0.261 e. The molecule has 1 aliphatic rings. The van der Waals surface area contributed by atoms with Crippen molar-refractivity contribution in [1.29, 1.82) is 0 Å². The van der Waals surface area contributed by atoms with Crippen molar-refractivity contribution < 1.29 is 14.3 Å². The molecule has 0 aliphatic carbocycles. The van der Waals surface area contributed by atoms with Gasteiger partial charge in [0.25, 0.3) is 11.5 Å². The molecule has 1 amide bonds. The number of pyridine rings is 1. The van der Waals surface area contributed by atoms with Crippen molar-refractivity contribution in [2.24, 2.45) is 0 Å². The fourth-order valence-electron chi connectivity index (χ4n) is 2.65. The molecule has 7 heteroatoms. The number of aromatic nitrogens is 1. The van der Waals surface area contributed by atoms with Crippen LogP contribution in [-0.4, -0.2) is 61.3 Å². The van der Waals surface area contributed by atoms with Crippen LogP contribution in [0.2, 0.25) is 0 Å².